The number of morpholine rings is 1. The van der Waals surface area contributed by atoms with E-state index in [4.69, 9.17) is 19.3 Å². The number of carbonyl (C=O) groups is 1. The third-order valence-corrected chi connectivity index (χ3v) is 10.6. The van der Waals surface area contributed by atoms with Crippen LogP contribution in [-0.2, 0) is 36.0 Å². The number of carbonyl (C=O) groups excluding carboxylic acids is 1. The van der Waals surface area contributed by atoms with E-state index >= 15 is 0 Å². The van der Waals surface area contributed by atoms with E-state index in [-0.39, 0.29) is 5.97 Å². The van der Waals surface area contributed by atoms with Crippen molar-refractivity contribution in [1.82, 2.24) is 14.3 Å². The number of hydrogen-bond donors (Lipinski definition) is 0. The van der Waals surface area contributed by atoms with E-state index in [1.807, 2.05) is 42.9 Å². The molecule has 0 bridgehead atoms. The molecule has 9 heteroatoms. The molecule has 4 aromatic carbocycles. The lowest BCUT2D eigenvalue weighted by atomic mass is 9.97. The minimum atomic E-state index is -0.273. The van der Waals surface area contributed by atoms with E-state index in [1.165, 1.54) is 11.4 Å². The summed E-state index contributed by atoms with van der Waals surface area (Å²) in [6, 6.07) is 29.9. The molecule has 268 valence electrons. The molecule has 0 radical (unpaired) electrons. The smallest absolute Gasteiger partial charge is 0.355 e. The molecule has 2 aliphatic rings. The van der Waals surface area contributed by atoms with Crippen molar-refractivity contribution >= 4 is 39.0 Å². The molecule has 0 unspecified atom stereocenters. The lowest BCUT2D eigenvalue weighted by Gasteiger charge is -2.30. The average molecular weight is 698 g/mol. The second kappa shape index (κ2) is 14.8. The quantitative estimate of drug-likeness (QED) is 0.112. The lowest BCUT2D eigenvalue weighted by Crippen LogP contribution is -2.36. The largest absolute Gasteiger partial charge is 0.493 e. The highest BCUT2D eigenvalue weighted by molar-refractivity contribution is 6.05. The first-order valence-corrected chi connectivity index (χ1v) is 18.6. The van der Waals surface area contributed by atoms with Crippen LogP contribution in [0.4, 0.5) is 11.4 Å². The van der Waals surface area contributed by atoms with Crippen LogP contribution in [0.5, 0.6) is 5.75 Å². The summed E-state index contributed by atoms with van der Waals surface area (Å²) in [7, 11) is 2.04. The number of fused-ring (bicyclic) bond motifs is 3. The Morgan fingerprint density at radius 2 is 1.58 bits per heavy atom. The number of rotatable bonds is 9. The first-order chi connectivity index (χ1) is 25.5. The van der Waals surface area contributed by atoms with Gasteiger partial charge in [-0.15, -0.1) is 0 Å². The molecule has 2 aromatic heterocycles. The maximum absolute atomic E-state index is 14.0. The first-order valence-electron chi connectivity index (χ1n) is 18.6. The minimum absolute atomic E-state index is 0.273. The van der Waals surface area contributed by atoms with Gasteiger partial charge in [0, 0.05) is 66.5 Å². The minimum Gasteiger partial charge on any atom is -0.493 e. The normalized spacial score (nSPS) is 14.8. The number of esters is 1. The third kappa shape index (κ3) is 6.38. The van der Waals surface area contributed by atoms with Crippen molar-refractivity contribution in [3.63, 3.8) is 0 Å². The number of ether oxygens (including phenoxy) is 3. The number of nitrogens with zero attached hydrogens (tertiary/aromatic N) is 5. The van der Waals surface area contributed by atoms with Crippen molar-refractivity contribution in [1.29, 1.82) is 0 Å². The Balaban J connectivity index is 1.15. The summed E-state index contributed by atoms with van der Waals surface area (Å²) in [4.78, 5) is 18.8. The van der Waals surface area contributed by atoms with Crippen LogP contribution in [0.1, 0.15) is 47.2 Å². The van der Waals surface area contributed by atoms with Gasteiger partial charge in [-0.1, -0.05) is 54.6 Å². The molecule has 9 nitrogen and oxygen atoms in total. The topological polar surface area (TPSA) is 74.0 Å². The van der Waals surface area contributed by atoms with Crippen LogP contribution in [0.25, 0.3) is 32.8 Å². The van der Waals surface area contributed by atoms with Crippen molar-refractivity contribution in [2.45, 2.75) is 46.2 Å². The zero-order valence-electron chi connectivity index (χ0n) is 30.4. The van der Waals surface area contributed by atoms with Gasteiger partial charge >= 0.3 is 5.97 Å². The summed E-state index contributed by atoms with van der Waals surface area (Å²) in [6.45, 7) is 10.4. The molecule has 0 saturated carbocycles. The second-order valence-corrected chi connectivity index (χ2v) is 13.8. The van der Waals surface area contributed by atoms with Gasteiger partial charge in [0.15, 0.2) is 0 Å². The van der Waals surface area contributed by atoms with E-state index < -0.39 is 0 Å². The summed E-state index contributed by atoms with van der Waals surface area (Å²) in [5.74, 6) is 0.608. The number of para-hydroxylation sites is 1. The molecule has 6 aromatic rings. The Labute approximate surface area is 305 Å². The maximum atomic E-state index is 14.0. The average Bonchev–Trinajstić information content (AvgIpc) is 3.65. The van der Waals surface area contributed by atoms with E-state index in [0.717, 1.165) is 108 Å². The fourth-order valence-corrected chi connectivity index (χ4v) is 8.18. The standard InChI is InChI=1S/C43H47N5O4/c1-4-51-43(49)42-36(16-9-26-52-39-17-7-12-31-11-5-6-13-34(31)39)35-14-8-15-37-40-30(2)44-45(3)38(40)29-47(22-10-23-48(42)41(35)37)33-20-18-32(19-21-33)46-24-27-50-28-25-46/h5-8,11-15,17-21H,4,9-10,16,22-29H2,1-3H3. The van der Waals surface area contributed by atoms with Gasteiger partial charge in [-0.2, -0.15) is 5.10 Å². The fourth-order valence-electron chi connectivity index (χ4n) is 8.18. The molecule has 0 N–H and O–H groups in total. The molecule has 2 aliphatic heterocycles. The van der Waals surface area contributed by atoms with Crippen LogP contribution in [0.3, 0.4) is 0 Å². The van der Waals surface area contributed by atoms with E-state index in [9.17, 15) is 4.79 Å². The van der Waals surface area contributed by atoms with Crippen molar-refractivity contribution in [3.05, 3.63) is 108 Å². The van der Waals surface area contributed by atoms with Gasteiger partial charge in [0.25, 0.3) is 0 Å². The monoisotopic (exact) mass is 697 g/mol. The van der Waals surface area contributed by atoms with Gasteiger partial charge in [0.2, 0.25) is 0 Å². The molecule has 0 amide bonds. The Morgan fingerprint density at radius 1 is 0.846 bits per heavy atom. The van der Waals surface area contributed by atoms with Gasteiger partial charge in [-0.05, 0) is 74.4 Å². The van der Waals surface area contributed by atoms with Crippen molar-refractivity contribution in [2.75, 3.05) is 55.9 Å². The molecular formula is C43H47N5O4. The van der Waals surface area contributed by atoms with Crippen LogP contribution in [0, 0.1) is 6.92 Å². The SMILES string of the molecule is CCOC(=O)c1c(CCCOc2cccc3ccccc23)c2cccc3c2n1CCCN(c1ccc(N2CCOCC2)cc1)Cc1c-3c(C)nn1C. The van der Waals surface area contributed by atoms with Crippen LogP contribution in [0.2, 0.25) is 0 Å². The number of benzene rings is 4. The van der Waals surface area contributed by atoms with E-state index in [1.54, 1.807) is 0 Å². The second-order valence-electron chi connectivity index (χ2n) is 13.8. The lowest BCUT2D eigenvalue weighted by molar-refractivity contribution is 0.0512. The predicted octanol–water partition coefficient (Wildman–Crippen LogP) is 7.94. The van der Waals surface area contributed by atoms with Crippen LogP contribution in [-0.4, -0.2) is 66.4 Å². The summed E-state index contributed by atoms with van der Waals surface area (Å²) in [6.07, 6.45) is 2.29. The van der Waals surface area contributed by atoms with Gasteiger partial charge in [0.1, 0.15) is 11.4 Å². The molecule has 0 atom stereocenters. The Kier molecular flexibility index (Phi) is 9.60. The fraction of sp³-hybridized carbons (Fsp3) is 0.349. The van der Waals surface area contributed by atoms with Crippen molar-refractivity contribution in [3.8, 4) is 16.9 Å². The molecule has 4 heterocycles. The first kappa shape index (κ1) is 33.8. The van der Waals surface area contributed by atoms with Gasteiger partial charge in [0.05, 0.1) is 49.9 Å². The van der Waals surface area contributed by atoms with Crippen LogP contribution >= 0.6 is 0 Å². The summed E-state index contributed by atoms with van der Waals surface area (Å²) in [5, 5.41) is 8.32. The highest BCUT2D eigenvalue weighted by Gasteiger charge is 2.29. The Bertz CT molecular complexity index is 2210. The zero-order valence-corrected chi connectivity index (χ0v) is 30.4. The third-order valence-electron chi connectivity index (χ3n) is 10.6. The van der Waals surface area contributed by atoms with Gasteiger partial charge in [-0.3, -0.25) is 4.68 Å². The maximum Gasteiger partial charge on any atom is 0.355 e. The summed E-state index contributed by atoms with van der Waals surface area (Å²) >= 11 is 0. The van der Waals surface area contributed by atoms with E-state index in [0.29, 0.717) is 31.9 Å². The van der Waals surface area contributed by atoms with Gasteiger partial charge < -0.3 is 28.6 Å². The number of aromatic nitrogens is 3. The van der Waals surface area contributed by atoms with Crippen molar-refractivity contribution in [2.24, 2.45) is 7.05 Å². The molecule has 1 saturated heterocycles. The molecule has 8 rings (SSSR count). The Hall–Kier alpha value is -5.28. The van der Waals surface area contributed by atoms with Crippen molar-refractivity contribution < 1.29 is 19.0 Å². The highest BCUT2D eigenvalue weighted by Crippen LogP contribution is 2.40. The Morgan fingerprint density at radius 3 is 2.38 bits per heavy atom. The summed E-state index contributed by atoms with van der Waals surface area (Å²) in [5.41, 5.74) is 9.51. The molecule has 0 aliphatic carbocycles. The molecule has 1 fully saturated rings. The zero-order chi connectivity index (χ0) is 35.6. The number of aryl methyl sites for hydroxylation is 4. The number of anilines is 2. The molecule has 52 heavy (non-hydrogen) atoms. The summed E-state index contributed by atoms with van der Waals surface area (Å²) < 4.78 is 22.0. The highest BCUT2D eigenvalue weighted by atomic mass is 16.5. The molecule has 0 spiro atoms. The van der Waals surface area contributed by atoms with Crippen LogP contribution < -0.4 is 14.5 Å². The van der Waals surface area contributed by atoms with Crippen LogP contribution in [0.15, 0.2) is 84.9 Å². The van der Waals surface area contributed by atoms with Gasteiger partial charge in [-0.25, -0.2) is 4.79 Å². The van der Waals surface area contributed by atoms with E-state index in [2.05, 4.69) is 82.0 Å². The molecular weight excluding hydrogens is 651 g/mol. The number of hydrogen-bond acceptors (Lipinski definition) is 7. The predicted molar refractivity (Wildman–Crippen MR) is 208 cm³/mol.